The van der Waals surface area contributed by atoms with Crippen molar-refractivity contribution in [2.24, 2.45) is 5.84 Å². The third-order valence-electron chi connectivity index (χ3n) is 3.05. The van der Waals surface area contributed by atoms with Crippen LogP contribution in [0.4, 0.5) is 5.82 Å². The van der Waals surface area contributed by atoms with Gasteiger partial charge in [0.25, 0.3) is 5.91 Å². The molecule has 104 valence electrons. The van der Waals surface area contributed by atoms with Gasteiger partial charge >= 0.3 is 0 Å². The molecule has 0 aliphatic rings. The van der Waals surface area contributed by atoms with Crippen LogP contribution in [0.15, 0.2) is 36.4 Å². The number of benzene rings is 1. The second-order valence-corrected chi connectivity index (χ2v) is 4.54. The monoisotopic (exact) mass is 271 g/mol. The Morgan fingerprint density at radius 1 is 1.25 bits per heavy atom. The Bertz CT molecular complexity index is 597. The lowest BCUT2D eigenvalue weighted by atomic mass is 10.1. The Morgan fingerprint density at radius 2 is 2.00 bits per heavy atom. The van der Waals surface area contributed by atoms with Crippen molar-refractivity contribution >= 4 is 11.7 Å². The van der Waals surface area contributed by atoms with Gasteiger partial charge in [0.2, 0.25) is 0 Å². The first kappa shape index (κ1) is 14.0. The van der Waals surface area contributed by atoms with Gasteiger partial charge < -0.3 is 10.3 Å². The molecular weight excluding hydrogens is 254 g/mol. The quantitative estimate of drug-likeness (QED) is 0.647. The van der Waals surface area contributed by atoms with Gasteiger partial charge in [0, 0.05) is 13.6 Å². The molecule has 1 amide bonds. The van der Waals surface area contributed by atoms with Crippen LogP contribution in [0.5, 0.6) is 0 Å². The number of hydrazine groups is 1. The van der Waals surface area contributed by atoms with Crippen LogP contribution in [-0.4, -0.2) is 28.1 Å². The van der Waals surface area contributed by atoms with E-state index in [2.05, 4.69) is 15.6 Å². The maximum absolute atomic E-state index is 12.2. The lowest BCUT2D eigenvalue weighted by Gasteiger charge is -2.17. The van der Waals surface area contributed by atoms with Gasteiger partial charge in [-0.05, 0) is 30.2 Å². The number of carbonyl (C=O) groups excluding carboxylic acids is 1. The molecule has 0 aliphatic carbocycles. The van der Waals surface area contributed by atoms with E-state index in [0.29, 0.717) is 18.1 Å². The molecule has 1 heterocycles. The molecule has 0 bridgehead atoms. The molecule has 0 atom stereocenters. The molecule has 6 nitrogen and oxygen atoms in total. The number of hydrogen-bond donors (Lipinski definition) is 2. The number of aryl methyl sites for hydroxylation is 1. The summed E-state index contributed by atoms with van der Waals surface area (Å²) in [5, 5.41) is 7.64. The smallest absolute Gasteiger partial charge is 0.274 e. The minimum absolute atomic E-state index is 0.177. The van der Waals surface area contributed by atoms with E-state index in [1.807, 2.05) is 31.2 Å². The van der Waals surface area contributed by atoms with Crippen molar-refractivity contribution in [3.8, 4) is 0 Å². The van der Waals surface area contributed by atoms with E-state index in [1.54, 1.807) is 24.1 Å². The number of rotatable bonds is 4. The molecule has 0 radical (unpaired) electrons. The van der Waals surface area contributed by atoms with Crippen LogP contribution >= 0.6 is 0 Å². The van der Waals surface area contributed by atoms with Gasteiger partial charge in [0.1, 0.15) is 0 Å². The zero-order valence-corrected chi connectivity index (χ0v) is 11.5. The van der Waals surface area contributed by atoms with E-state index in [-0.39, 0.29) is 5.91 Å². The minimum atomic E-state index is -0.177. The summed E-state index contributed by atoms with van der Waals surface area (Å²) >= 11 is 0. The van der Waals surface area contributed by atoms with E-state index in [1.165, 1.54) is 0 Å². The van der Waals surface area contributed by atoms with Gasteiger partial charge in [-0.25, -0.2) is 5.84 Å². The lowest BCUT2D eigenvalue weighted by molar-refractivity contribution is 0.0778. The molecule has 2 rings (SSSR count). The molecule has 0 unspecified atom stereocenters. The molecule has 0 saturated heterocycles. The highest BCUT2D eigenvalue weighted by Crippen LogP contribution is 2.11. The van der Waals surface area contributed by atoms with E-state index < -0.39 is 0 Å². The van der Waals surface area contributed by atoms with Gasteiger partial charge in [0.15, 0.2) is 11.5 Å². The molecular formula is C14H17N5O. The fourth-order valence-corrected chi connectivity index (χ4v) is 1.83. The number of aromatic nitrogens is 2. The third kappa shape index (κ3) is 3.10. The van der Waals surface area contributed by atoms with Gasteiger partial charge in [0.05, 0.1) is 0 Å². The largest absolute Gasteiger partial charge is 0.336 e. The summed E-state index contributed by atoms with van der Waals surface area (Å²) in [6.07, 6.45) is 0. The lowest BCUT2D eigenvalue weighted by Crippen LogP contribution is -2.27. The molecule has 0 saturated carbocycles. The van der Waals surface area contributed by atoms with Gasteiger partial charge in [-0.15, -0.1) is 10.2 Å². The molecule has 3 N–H and O–H groups in total. The van der Waals surface area contributed by atoms with Gasteiger partial charge in [-0.2, -0.15) is 0 Å². The van der Waals surface area contributed by atoms with Crippen molar-refractivity contribution in [1.29, 1.82) is 0 Å². The van der Waals surface area contributed by atoms with Crippen molar-refractivity contribution in [2.75, 3.05) is 12.5 Å². The highest BCUT2D eigenvalue weighted by Gasteiger charge is 2.14. The molecule has 20 heavy (non-hydrogen) atoms. The second-order valence-electron chi connectivity index (χ2n) is 4.54. The summed E-state index contributed by atoms with van der Waals surface area (Å²) in [6.45, 7) is 2.55. The first-order valence-electron chi connectivity index (χ1n) is 6.22. The van der Waals surface area contributed by atoms with Crippen molar-refractivity contribution < 1.29 is 4.79 Å². The number of anilines is 1. The minimum Gasteiger partial charge on any atom is -0.336 e. The number of hydrogen-bond acceptors (Lipinski definition) is 5. The van der Waals surface area contributed by atoms with Gasteiger partial charge in [-0.3, -0.25) is 4.79 Å². The predicted molar refractivity (Wildman–Crippen MR) is 76.8 cm³/mol. The fourth-order valence-electron chi connectivity index (χ4n) is 1.83. The standard InChI is InChI=1S/C14H17N5O/c1-10-5-3-4-6-11(10)9-19(2)14(20)12-7-8-13(16-15)18-17-12/h3-8H,9,15H2,1-2H3,(H,16,18). The third-order valence-corrected chi connectivity index (χ3v) is 3.05. The molecule has 0 fully saturated rings. The predicted octanol–water partition coefficient (Wildman–Crippen LogP) is 1.34. The number of nitrogens with two attached hydrogens (primary N) is 1. The topological polar surface area (TPSA) is 84.1 Å². The zero-order valence-electron chi connectivity index (χ0n) is 11.5. The number of nitrogens with zero attached hydrogens (tertiary/aromatic N) is 3. The summed E-state index contributed by atoms with van der Waals surface area (Å²) in [5.41, 5.74) is 4.92. The molecule has 1 aromatic carbocycles. The average molecular weight is 271 g/mol. The van der Waals surface area contributed by atoms with Crippen LogP contribution in [0.25, 0.3) is 0 Å². The van der Waals surface area contributed by atoms with E-state index in [4.69, 9.17) is 5.84 Å². The van der Waals surface area contributed by atoms with Crippen LogP contribution in [0.1, 0.15) is 21.6 Å². The van der Waals surface area contributed by atoms with Crippen LogP contribution in [0.2, 0.25) is 0 Å². The summed E-state index contributed by atoms with van der Waals surface area (Å²) in [4.78, 5) is 13.8. The van der Waals surface area contributed by atoms with Crippen molar-refractivity contribution in [1.82, 2.24) is 15.1 Å². The number of amides is 1. The number of carbonyl (C=O) groups is 1. The van der Waals surface area contributed by atoms with Crippen LogP contribution < -0.4 is 11.3 Å². The Kier molecular flexibility index (Phi) is 4.27. The molecule has 6 heteroatoms. The highest BCUT2D eigenvalue weighted by atomic mass is 16.2. The maximum Gasteiger partial charge on any atom is 0.274 e. The molecule has 0 aliphatic heterocycles. The summed E-state index contributed by atoms with van der Waals surface area (Å²) < 4.78 is 0. The van der Waals surface area contributed by atoms with Gasteiger partial charge in [-0.1, -0.05) is 24.3 Å². The highest BCUT2D eigenvalue weighted by molar-refractivity contribution is 5.92. The van der Waals surface area contributed by atoms with Crippen molar-refractivity contribution in [3.63, 3.8) is 0 Å². The first-order valence-corrected chi connectivity index (χ1v) is 6.22. The molecule has 1 aromatic heterocycles. The number of nitrogen functional groups attached to an aromatic ring is 1. The number of nitrogens with one attached hydrogen (secondary N) is 1. The van der Waals surface area contributed by atoms with Crippen molar-refractivity contribution in [3.05, 3.63) is 53.2 Å². The second kappa shape index (κ2) is 6.12. The Labute approximate surface area is 117 Å². The molecule has 0 spiro atoms. The zero-order chi connectivity index (χ0) is 14.5. The Hall–Kier alpha value is -2.47. The Morgan fingerprint density at radius 3 is 2.60 bits per heavy atom. The van der Waals surface area contributed by atoms with E-state index in [0.717, 1.165) is 11.1 Å². The summed E-state index contributed by atoms with van der Waals surface area (Å²) in [5.74, 6) is 5.45. The summed E-state index contributed by atoms with van der Waals surface area (Å²) in [6, 6.07) is 11.2. The van der Waals surface area contributed by atoms with Crippen LogP contribution in [0.3, 0.4) is 0 Å². The Balaban J connectivity index is 2.10. The fraction of sp³-hybridized carbons (Fsp3) is 0.214. The van der Waals surface area contributed by atoms with E-state index >= 15 is 0 Å². The van der Waals surface area contributed by atoms with Crippen molar-refractivity contribution in [2.45, 2.75) is 13.5 Å². The average Bonchev–Trinajstić information content (AvgIpc) is 2.49. The summed E-state index contributed by atoms with van der Waals surface area (Å²) in [7, 11) is 1.74. The first-order chi connectivity index (χ1) is 9.61. The van der Waals surface area contributed by atoms with E-state index in [9.17, 15) is 4.79 Å². The molecule has 2 aromatic rings. The van der Waals surface area contributed by atoms with Crippen LogP contribution in [-0.2, 0) is 6.54 Å². The van der Waals surface area contributed by atoms with Crippen LogP contribution in [0, 0.1) is 6.92 Å². The normalized spacial score (nSPS) is 10.2. The maximum atomic E-state index is 12.2. The SMILES string of the molecule is Cc1ccccc1CN(C)C(=O)c1ccc(NN)nn1.